The third-order valence-corrected chi connectivity index (χ3v) is 5.94. The molecule has 0 aromatic rings. The van der Waals surface area contributed by atoms with Gasteiger partial charge in [0.15, 0.2) is 0 Å². The molecule has 2 aliphatic heterocycles. The first-order chi connectivity index (χ1) is 9.69. The van der Waals surface area contributed by atoms with Crippen LogP contribution in [0.4, 0.5) is 0 Å². The van der Waals surface area contributed by atoms with E-state index in [1.807, 2.05) is 0 Å². The molecule has 2 heterocycles. The van der Waals surface area contributed by atoms with Crippen LogP contribution in [-0.2, 0) is 4.74 Å². The first-order valence-electron chi connectivity index (χ1n) is 8.74. The Morgan fingerprint density at radius 2 is 1.55 bits per heavy atom. The van der Waals surface area contributed by atoms with Crippen molar-refractivity contribution in [1.29, 1.82) is 0 Å². The van der Waals surface area contributed by atoms with E-state index in [2.05, 4.69) is 23.6 Å². The Balaban J connectivity index is 1.40. The zero-order valence-electron chi connectivity index (χ0n) is 13.4. The van der Waals surface area contributed by atoms with E-state index in [1.165, 1.54) is 51.6 Å². The van der Waals surface area contributed by atoms with Gasteiger partial charge in [-0.05, 0) is 64.3 Å². The highest BCUT2D eigenvalue weighted by atomic mass is 16.5. The van der Waals surface area contributed by atoms with E-state index in [0.717, 1.165) is 43.8 Å². The molecule has 1 aliphatic carbocycles. The highest BCUT2D eigenvalue weighted by Crippen LogP contribution is 2.52. The van der Waals surface area contributed by atoms with Gasteiger partial charge < -0.3 is 9.64 Å². The van der Waals surface area contributed by atoms with Crippen LogP contribution in [0.2, 0.25) is 0 Å². The summed E-state index contributed by atoms with van der Waals surface area (Å²) in [5.74, 6) is 0. The molecule has 2 unspecified atom stereocenters. The van der Waals surface area contributed by atoms with Gasteiger partial charge in [0.05, 0.1) is 13.2 Å². The Labute approximate surface area is 124 Å². The zero-order chi connectivity index (χ0) is 14.0. The van der Waals surface area contributed by atoms with Crippen LogP contribution in [0.5, 0.6) is 0 Å². The lowest BCUT2D eigenvalue weighted by Gasteiger charge is -2.38. The molecule has 0 radical (unpaired) electrons. The molecule has 2 atom stereocenters. The first-order valence-corrected chi connectivity index (χ1v) is 8.74. The molecule has 0 amide bonds. The Hall–Kier alpha value is -0.120. The van der Waals surface area contributed by atoms with Crippen molar-refractivity contribution < 1.29 is 4.74 Å². The minimum atomic E-state index is 0.723. The SMILES string of the molecule is CC(CCC(C)N1CCCC2(CC2)C1)N1CCOCC1. The van der Waals surface area contributed by atoms with Crippen molar-refractivity contribution in [3.63, 3.8) is 0 Å². The lowest BCUT2D eigenvalue weighted by molar-refractivity contribution is 0.0159. The number of piperidine rings is 1. The molecule has 3 rings (SSSR count). The van der Waals surface area contributed by atoms with Crippen molar-refractivity contribution in [2.45, 2.75) is 64.5 Å². The Morgan fingerprint density at radius 3 is 2.20 bits per heavy atom. The summed E-state index contributed by atoms with van der Waals surface area (Å²) in [6, 6.07) is 1.50. The van der Waals surface area contributed by atoms with Crippen LogP contribution >= 0.6 is 0 Å². The predicted molar refractivity (Wildman–Crippen MR) is 83.0 cm³/mol. The monoisotopic (exact) mass is 280 g/mol. The Bertz CT molecular complexity index is 310. The van der Waals surface area contributed by atoms with Gasteiger partial charge >= 0.3 is 0 Å². The van der Waals surface area contributed by atoms with E-state index < -0.39 is 0 Å². The lowest BCUT2D eigenvalue weighted by Crippen LogP contribution is -2.44. The van der Waals surface area contributed by atoms with Crippen molar-refractivity contribution in [3.8, 4) is 0 Å². The van der Waals surface area contributed by atoms with Gasteiger partial charge in [0, 0.05) is 31.7 Å². The average Bonchev–Trinajstić information content (AvgIpc) is 3.24. The normalized spacial score (nSPS) is 30.3. The largest absolute Gasteiger partial charge is 0.379 e. The molecule has 3 nitrogen and oxygen atoms in total. The zero-order valence-corrected chi connectivity index (χ0v) is 13.4. The van der Waals surface area contributed by atoms with Crippen LogP contribution in [0.1, 0.15) is 52.4 Å². The first kappa shape index (κ1) is 14.8. The summed E-state index contributed by atoms with van der Waals surface area (Å²) in [7, 11) is 0. The van der Waals surface area contributed by atoms with Gasteiger partial charge in [0.2, 0.25) is 0 Å². The fourth-order valence-electron chi connectivity index (χ4n) is 4.07. The summed E-state index contributed by atoms with van der Waals surface area (Å²) in [5, 5.41) is 0. The molecule has 0 aromatic carbocycles. The molecule has 2 saturated heterocycles. The van der Waals surface area contributed by atoms with Crippen LogP contribution in [-0.4, -0.2) is 61.3 Å². The molecule has 1 saturated carbocycles. The minimum absolute atomic E-state index is 0.723. The Kier molecular flexibility index (Phi) is 4.68. The molecule has 3 heteroatoms. The van der Waals surface area contributed by atoms with Crippen molar-refractivity contribution in [2.24, 2.45) is 5.41 Å². The van der Waals surface area contributed by atoms with Gasteiger partial charge in [0.25, 0.3) is 0 Å². The molecular formula is C17H32N2O. The van der Waals surface area contributed by atoms with Gasteiger partial charge in [-0.15, -0.1) is 0 Å². The minimum Gasteiger partial charge on any atom is -0.379 e. The van der Waals surface area contributed by atoms with Gasteiger partial charge in [-0.3, -0.25) is 4.90 Å². The predicted octanol–water partition coefficient (Wildman–Crippen LogP) is 2.75. The van der Waals surface area contributed by atoms with E-state index in [1.54, 1.807) is 0 Å². The van der Waals surface area contributed by atoms with E-state index in [0.29, 0.717) is 0 Å². The molecular weight excluding hydrogens is 248 g/mol. The molecule has 20 heavy (non-hydrogen) atoms. The number of hydrogen-bond donors (Lipinski definition) is 0. The number of rotatable bonds is 5. The fraction of sp³-hybridized carbons (Fsp3) is 1.00. The van der Waals surface area contributed by atoms with Gasteiger partial charge in [-0.25, -0.2) is 0 Å². The standard InChI is InChI=1S/C17H32N2O/c1-15(18-10-12-20-13-11-18)4-5-16(2)19-9-3-6-17(14-19)7-8-17/h15-16H,3-14H2,1-2H3. The third-order valence-electron chi connectivity index (χ3n) is 5.94. The number of nitrogens with zero attached hydrogens (tertiary/aromatic N) is 2. The maximum absolute atomic E-state index is 5.45. The molecule has 116 valence electrons. The second kappa shape index (κ2) is 6.33. The molecule has 3 aliphatic rings. The molecule has 0 bridgehead atoms. The molecule has 3 fully saturated rings. The van der Waals surface area contributed by atoms with E-state index in [4.69, 9.17) is 4.74 Å². The fourth-order valence-corrected chi connectivity index (χ4v) is 4.07. The number of likely N-dealkylation sites (tertiary alicyclic amines) is 1. The van der Waals surface area contributed by atoms with Crippen LogP contribution < -0.4 is 0 Å². The Morgan fingerprint density at radius 1 is 0.900 bits per heavy atom. The summed E-state index contributed by atoms with van der Waals surface area (Å²) in [6.07, 6.45) is 8.63. The number of hydrogen-bond acceptors (Lipinski definition) is 3. The summed E-state index contributed by atoms with van der Waals surface area (Å²) in [6.45, 7) is 11.7. The second-order valence-electron chi connectivity index (χ2n) is 7.50. The van der Waals surface area contributed by atoms with Crippen LogP contribution in [0.3, 0.4) is 0 Å². The van der Waals surface area contributed by atoms with E-state index in [-0.39, 0.29) is 0 Å². The van der Waals surface area contributed by atoms with Crippen LogP contribution in [0.25, 0.3) is 0 Å². The molecule has 0 N–H and O–H groups in total. The maximum Gasteiger partial charge on any atom is 0.0594 e. The summed E-state index contributed by atoms with van der Waals surface area (Å²) in [5.41, 5.74) is 0.766. The summed E-state index contributed by atoms with van der Waals surface area (Å²) >= 11 is 0. The van der Waals surface area contributed by atoms with Crippen molar-refractivity contribution >= 4 is 0 Å². The number of morpholine rings is 1. The summed E-state index contributed by atoms with van der Waals surface area (Å²) < 4.78 is 5.45. The van der Waals surface area contributed by atoms with Gasteiger partial charge in [0.1, 0.15) is 0 Å². The highest BCUT2D eigenvalue weighted by molar-refractivity contribution is 4.98. The molecule has 0 aromatic heterocycles. The van der Waals surface area contributed by atoms with Gasteiger partial charge in [-0.2, -0.15) is 0 Å². The molecule has 1 spiro atoms. The second-order valence-corrected chi connectivity index (χ2v) is 7.50. The lowest BCUT2D eigenvalue weighted by atomic mass is 9.93. The van der Waals surface area contributed by atoms with E-state index >= 15 is 0 Å². The number of ether oxygens (including phenoxy) is 1. The summed E-state index contributed by atoms with van der Waals surface area (Å²) in [4.78, 5) is 5.39. The quantitative estimate of drug-likeness (QED) is 0.770. The van der Waals surface area contributed by atoms with Gasteiger partial charge in [-0.1, -0.05) is 0 Å². The smallest absolute Gasteiger partial charge is 0.0594 e. The van der Waals surface area contributed by atoms with Crippen molar-refractivity contribution in [2.75, 3.05) is 39.4 Å². The van der Waals surface area contributed by atoms with Crippen LogP contribution in [0.15, 0.2) is 0 Å². The average molecular weight is 280 g/mol. The van der Waals surface area contributed by atoms with Crippen molar-refractivity contribution in [3.05, 3.63) is 0 Å². The maximum atomic E-state index is 5.45. The van der Waals surface area contributed by atoms with E-state index in [9.17, 15) is 0 Å². The highest BCUT2D eigenvalue weighted by Gasteiger charge is 2.45. The topological polar surface area (TPSA) is 15.7 Å². The van der Waals surface area contributed by atoms with Crippen molar-refractivity contribution in [1.82, 2.24) is 9.80 Å². The van der Waals surface area contributed by atoms with Crippen LogP contribution in [0, 0.1) is 5.41 Å². The third kappa shape index (κ3) is 3.55.